The fourth-order valence-electron chi connectivity index (χ4n) is 1.36. The molecular formula is C8H17N3. The SMILES string of the molecule is CC1=NC(C)(C)NN1C(C)C. The topological polar surface area (TPSA) is 27.6 Å². The van der Waals surface area contributed by atoms with Gasteiger partial charge in [0.1, 0.15) is 11.5 Å². The lowest BCUT2D eigenvalue weighted by Gasteiger charge is -2.26. The summed E-state index contributed by atoms with van der Waals surface area (Å²) in [5.74, 6) is 1.07. The third kappa shape index (κ3) is 1.71. The molecule has 0 saturated carbocycles. The van der Waals surface area contributed by atoms with E-state index in [0.717, 1.165) is 5.84 Å². The average molecular weight is 155 g/mol. The van der Waals surface area contributed by atoms with E-state index in [-0.39, 0.29) is 5.66 Å². The first-order valence-corrected chi connectivity index (χ1v) is 4.06. The molecule has 0 fully saturated rings. The second-order valence-corrected chi connectivity index (χ2v) is 3.79. The molecule has 3 heteroatoms. The van der Waals surface area contributed by atoms with Gasteiger partial charge in [-0.05, 0) is 34.6 Å². The van der Waals surface area contributed by atoms with Crippen molar-refractivity contribution in [2.75, 3.05) is 0 Å². The number of aliphatic imine (C=N–C) groups is 1. The van der Waals surface area contributed by atoms with Crippen LogP contribution in [0.5, 0.6) is 0 Å². The molecule has 0 aromatic carbocycles. The van der Waals surface area contributed by atoms with Crippen LogP contribution in [0.3, 0.4) is 0 Å². The summed E-state index contributed by atoms with van der Waals surface area (Å²) >= 11 is 0. The Kier molecular flexibility index (Phi) is 1.92. The lowest BCUT2D eigenvalue weighted by molar-refractivity contribution is 0.208. The maximum Gasteiger partial charge on any atom is 0.123 e. The van der Waals surface area contributed by atoms with Gasteiger partial charge in [0.2, 0.25) is 0 Å². The minimum absolute atomic E-state index is 0.117. The molecule has 0 bridgehead atoms. The molecule has 1 aliphatic rings. The summed E-state index contributed by atoms with van der Waals surface area (Å²) in [6, 6.07) is 0.473. The van der Waals surface area contributed by atoms with Crippen molar-refractivity contribution in [3.8, 4) is 0 Å². The Hall–Kier alpha value is -0.570. The quantitative estimate of drug-likeness (QED) is 0.619. The minimum atomic E-state index is -0.117. The first kappa shape index (κ1) is 8.53. The van der Waals surface area contributed by atoms with Gasteiger partial charge in [-0.1, -0.05) is 0 Å². The van der Waals surface area contributed by atoms with Gasteiger partial charge in [0.15, 0.2) is 0 Å². The molecule has 0 atom stereocenters. The maximum absolute atomic E-state index is 4.46. The average Bonchev–Trinajstić information content (AvgIpc) is 2.05. The van der Waals surface area contributed by atoms with Crippen molar-refractivity contribution in [2.45, 2.75) is 46.3 Å². The lowest BCUT2D eigenvalue weighted by Crippen LogP contribution is -2.47. The predicted molar refractivity (Wildman–Crippen MR) is 47.3 cm³/mol. The normalized spacial score (nSPS) is 22.7. The number of hydrazine groups is 1. The van der Waals surface area contributed by atoms with Crippen LogP contribution in [0.25, 0.3) is 0 Å². The maximum atomic E-state index is 4.46. The van der Waals surface area contributed by atoms with Gasteiger partial charge in [0.05, 0.1) is 0 Å². The van der Waals surface area contributed by atoms with Gasteiger partial charge >= 0.3 is 0 Å². The second kappa shape index (κ2) is 2.48. The minimum Gasteiger partial charge on any atom is -0.291 e. The third-order valence-corrected chi connectivity index (χ3v) is 1.70. The van der Waals surface area contributed by atoms with Crippen molar-refractivity contribution in [1.82, 2.24) is 10.4 Å². The number of hydrogen-bond donors (Lipinski definition) is 1. The molecule has 11 heavy (non-hydrogen) atoms. The summed E-state index contributed by atoms with van der Waals surface area (Å²) in [6.45, 7) is 10.5. The van der Waals surface area contributed by atoms with Gasteiger partial charge in [-0.3, -0.25) is 5.01 Å². The standard InChI is InChI=1S/C8H17N3/c1-6(2)11-7(3)9-8(4,5)10-11/h6,10H,1-5H3. The van der Waals surface area contributed by atoms with E-state index in [9.17, 15) is 0 Å². The van der Waals surface area contributed by atoms with Crippen LogP contribution in [-0.2, 0) is 0 Å². The Balaban J connectivity index is 2.72. The molecule has 0 spiro atoms. The second-order valence-electron chi connectivity index (χ2n) is 3.79. The Morgan fingerprint density at radius 1 is 1.45 bits per heavy atom. The molecule has 0 radical (unpaired) electrons. The molecule has 0 amide bonds. The Morgan fingerprint density at radius 2 is 2.00 bits per heavy atom. The van der Waals surface area contributed by atoms with Gasteiger partial charge in [-0.25, -0.2) is 10.4 Å². The predicted octanol–water partition coefficient (Wildman–Crippen LogP) is 1.37. The molecule has 0 saturated heterocycles. The van der Waals surface area contributed by atoms with Gasteiger partial charge in [-0.15, -0.1) is 0 Å². The summed E-state index contributed by atoms with van der Waals surface area (Å²) in [6.07, 6.45) is 0. The van der Waals surface area contributed by atoms with Gasteiger partial charge in [-0.2, -0.15) is 0 Å². The number of amidine groups is 1. The van der Waals surface area contributed by atoms with Gasteiger partial charge < -0.3 is 0 Å². The van der Waals surface area contributed by atoms with Crippen molar-refractivity contribution in [3.05, 3.63) is 0 Å². The third-order valence-electron chi connectivity index (χ3n) is 1.70. The number of nitrogens with one attached hydrogen (secondary N) is 1. The van der Waals surface area contributed by atoms with Crippen molar-refractivity contribution in [1.29, 1.82) is 0 Å². The molecule has 1 aliphatic heterocycles. The summed E-state index contributed by atoms with van der Waals surface area (Å²) in [5.41, 5.74) is 3.19. The monoisotopic (exact) mass is 155 g/mol. The van der Waals surface area contributed by atoms with Crippen molar-refractivity contribution >= 4 is 5.84 Å². The van der Waals surface area contributed by atoms with E-state index >= 15 is 0 Å². The number of hydrogen-bond acceptors (Lipinski definition) is 3. The van der Waals surface area contributed by atoms with E-state index in [1.807, 2.05) is 6.92 Å². The molecule has 0 aliphatic carbocycles. The van der Waals surface area contributed by atoms with E-state index in [4.69, 9.17) is 0 Å². The van der Waals surface area contributed by atoms with Crippen LogP contribution in [0.15, 0.2) is 4.99 Å². The smallest absolute Gasteiger partial charge is 0.123 e. The summed E-state index contributed by atoms with van der Waals surface area (Å²) < 4.78 is 0. The highest BCUT2D eigenvalue weighted by atomic mass is 15.6. The molecule has 0 unspecified atom stereocenters. The molecular weight excluding hydrogens is 138 g/mol. The van der Waals surface area contributed by atoms with Crippen LogP contribution in [0.2, 0.25) is 0 Å². The van der Waals surface area contributed by atoms with Gasteiger partial charge in [0, 0.05) is 6.04 Å². The zero-order chi connectivity index (χ0) is 8.65. The zero-order valence-corrected chi connectivity index (χ0v) is 7.97. The Labute approximate surface area is 68.5 Å². The number of rotatable bonds is 1. The number of nitrogens with zero attached hydrogens (tertiary/aromatic N) is 2. The van der Waals surface area contributed by atoms with E-state index in [1.54, 1.807) is 0 Å². The van der Waals surface area contributed by atoms with Crippen molar-refractivity contribution in [3.63, 3.8) is 0 Å². The van der Waals surface area contributed by atoms with Gasteiger partial charge in [0.25, 0.3) is 0 Å². The summed E-state index contributed by atoms with van der Waals surface area (Å²) in [7, 11) is 0. The largest absolute Gasteiger partial charge is 0.291 e. The molecule has 1 N–H and O–H groups in total. The zero-order valence-electron chi connectivity index (χ0n) is 7.97. The van der Waals surface area contributed by atoms with Crippen LogP contribution in [0.1, 0.15) is 34.6 Å². The molecule has 0 aromatic rings. The van der Waals surface area contributed by atoms with Crippen molar-refractivity contribution in [2.24, 2.45) is 4.99 Å². The van der Waals surface area contributed by atoms with E-state index in [0.29, 0.717) is 6.04 Å². The molecule has 0 aromatic heterocycles. The van der Waals surface area contributed by atoms with E-state index in [1.165, 1.54) is 0 Å². The molecule has 3 nitrogen and oxygen atoms in total. The van der Waals surface area contributed by atoms with Crippen LogP contribution >= 0.6 is 0 Å². The van der Waals surface area contributed by atoms with Crippen molar-refractivity contribution < 1.29 is 0 Å². The fraction of sp³-hybridized carbons (Fsp3) is 0.875. The fourth-order valence-corrected chi connectivity index (χ4v) is 1.36. The molecule has 1 rings (SSSR count). The van der Waals surface area contributed by atoms with Crippen LogP contribution < -0.4 is 5.43 Å². The highest BCUT2D eigenvalue weighted by Gasteiger charge is 2.28. The molecule has 64 valence electrons. The van der Waals surface area contributed by atoms with Crippen LogP contribution in [0, 0.1) is 0 Å². The highest BCUT2D eigenvalue weighted by Crippen LogP contribution is 2.15. The summed E-state index contributed by atoms with van der Waals surface area (Å²) in [5, 5.41) is 2.10. The van der Waals surface area contributed by atoms with E-state index in [2.05, 4.69) is 43.1 Å². The summed E-state index contributed by atoms with van der Waals surface area (Å²) in [4.78, 5) is 4.46. The van der Waals surface area contributed by atoms with Crippen LogP contribution in [-0.4, -0.2) is 22.5 Å². The highest BCUT2D eigenvalue weighted by molar-refractivity contribution is 5.81. The first-order chi connectivity index (χ1) is 4.92. The molecule has 1 heterocycles. The first-order valence-electron chi connectivity index (χ1n) is 4.06. The Bertz CT molecular complexity index is 182. The van der Waals surface area contributed by atoms with E-state index < -0.39 is 0 Å². The Morgan fingerprint density at radius 3 is 2.18 bits per heavy atom. The van der Waals surface area contributed by atoms with Crippen LogP contribution in [0.4, 0.5) is 0 Å². The lowest BCUT2D eigenvalue weighted by atomic mass is 10.3.